The Kier molecular flexibility index (Phi) is 26.2. The fourth-order valence-electron chi connectivity index (χ4n) is 1.63. The molecule has 0 N–H and O–H groups in total. The number of hydrogen-bond acceptors (Lipinski definition) is 0. The van der Waals surface area contributed by atoms with Crippen molar-refractivity contribution in [1.82, 2.24) is 0 Å². The van der Waals surface area contributed by atoms with Gasteiger partial charge in [-0.15, -0.1) is 0 Å². The van der Waals surface area contributed by atoms with E-state index in [1.807, 2.05) is 26.0 Å². The molecule has 0 aromatic carbocycles. The van der Waals surface area contributed by atoms with E-state index in [1.165, 1.54) is 56.9 Å². The van der Waals surface area contributed by atoms with Crippen LogP contribution < -0.4 is 0 Å². The van der Waals surface area contributed by atoms with Crippen molar-refractivity contribution in [3.63, 3.8) is 0 Å². The summed E-state index contributed by atoms with van der Waals surface area (Å²) in [4.78, 5) is 0. The first-order valence-corrected chi connectivity index (χ1v) is 7.83. The van der Waals surface area contributed by atoms with Gasteiger partial charge in [-0.1, -0.05) is 96.4 Å². The smallest absolute Gasteiger partial charge is 0.0988 e. The second-order valence-electron chi connectivity index (χ2n) is 5.54. The molecule has 0 heterocycles. The Bertz CT molecular complexity index is 192. The van der Waals surface area contributed by atoms with Gasteiger partial charge in [0.15, 0.2) is 0 Å². The standard InChI is InChI=1S/C12H26.C6H10.Ti/c1-4-5-6-7-8-9-10-11-12(2)3;1-4-6(3)5-2;/h12H,4-11H2,1-3H3;4-5H,1H2,2-3H3;/q;;+2. The maximum absolute atomic E-state index is 3.56. The third kappa shape index (κ3) is 27.4. The van der Waals surface area contributed by atoms with E-state index in [1.54, 1.807) is 0 Å². The molecule has 0 saturated heterocycles. The van der Waals surface area contributed by atoms with E-state index >= 15 is 0 Å². The van der Waals surface area contributed by atoms with Crippen molar-refractivity contribution < 1.29 is 21.7 Å². The Morgan fingerprint density at radius 1 is 1.00 bits per heavy atom. The molecule has 0 unspecified atom stereocenters. The first-order valence-electron chi connectivity index (χ1n) is 7.83. The monoisotopic (exact) mass is 300 g/mol. The summed E-state index contributed by atoms with van der Waals surface area (Å²) < 4.78 is 0. The van der Waals surface area contributed by atoms with Gasteiger partial charge in [-0.3, -0.25) is 0 Å². The number of rotatable bonds is 9. The van der Waals surface area contributed by atoms with Crippen molar-refractivity contribution in [1.29, 1.82) is 0 Å². The zero-order valence-corrected chi connectivity index (χ0v) is 15.7. The molecule has 19 heavy (non-hydrogen) atoms. The molecular weight excluding hydrogens is 264 g/mol. The van der Waals surface area contributed by atoms with Crippen molar-refractivity contribution in [2.24, 2.45) is 5.92 Å². The van der Waals surface area contributed by atoms with Crippen LogP contribution in [0.4, 0.5) is 0 Å². The third-order valence-electron chi connectivity index (χ3n) is 3.16. The van der Waals surface area contributed by atoms with Crippen molar-refractivity contribution in [2.45, 2.75) is 86.0 Å². The molecule has 0 aliphatic heterocycles. The van der Waals surface area contributed by atoms with Crippen LogP contribution in [0.3, 0.4) is 0 Å². The van der Waals surface area contributed by atoms with Crippen molar-refractivity contribution in [3.05, 3.63) is 24.3 Å². The number of unbranched alkanes of at least 4 members (excludes halogenated alkanes) is 6. The molecule has 0 aliphatic carbocycles. The Balaban J connectivity index is -0.000000313. The summed E-state index contributed by atoms with van der Waals surface area (Å²) in [6, 6.07) is 0. The summed E-state index contributed by atoms with van der Waals surface area (Å²) in [6.45, 7) is 14.5. The molecule has 0 radical (unpaired) electrons. The predicted octanol–water partition coefficient (Wildman–Crippen LogP) is 6.92. The van der Waals surface area contributed by atoms with Crippen LogP contribution in [-0.2, 0) is 21.7 Å². The maximum atomic E-state index is 3.56. The van der Waals surface area contributed by atoms with Crippen molar-refractivity contribution >= 4 is 0 Å². The molecule has 1 heteroatoms. The molecule has 0 fully saturated rings. The van der Waals surface area contributed by atoms with Crippen LogP contribution in [-0.4, -0.2) is 0 Å². The van der Waals surface area contributed by atoms with Crippen LogP contribution in [0.15, 0.2) is 24.3 Å². The van der Waals surface area contributed by atoms with Gasteiger partial charge in [-0.05, 0) is 19.8 Å². The Morgan fingerprint density at radius 2 is 1.47 bits per heavy atom. The van der Waals surface area contributed by atoms with E-state index in [9.17, 15) is 0 Å². The second kappa shape index (κ2) is 20.5. The molecule has 0 nitrogen and oxygen atoms in total. The molecule has 0 amide bonds. The molecule has 0 spiro atoms. The molecule has 0 aromatic rings. The SMILES string of the molecule is C=CC(C)=CC.CCCCCCCCCC(C)C.[Ti+2]. The minimum atomic E-state index is 0. The molecule has 0 atom stereocenters. The summed E-state index contributed by atoms with van der Waals surface area (Å²) in [7, 11) is 0. The fraction of sp³-hybridized carbons (Fsp3) is 0.778. The summed E-state index contributed by atoms with van der Waals surface area (Å²) >= 11 is 0. The molecule has 0 bridgehead atoms. The van der Waals surface area contributed by atoms with Gasteiger partial charge in [0.05, 0.1) is 0 Å². The van der Waals surface area contributed by atoms with E-state index in [0.29, 0.717) is 0 Å². The topological polar surface area (TPSA) is 0 Å². The van der Waals surface area contributed by atoms with Gasteiger partial charge in [0.1, 0.15) is 0 Å². The minimum Gasteiger partial charge on any atom is -0.0988 e. The average molecular weight is 300 g/mol. The number of allylic oxidation sites excluding steroid dienone is 3. The van der Waals surface area contributed by atoms with E-state index in [4.69, 9.17) is 0 Å². The predicted molar refractivity (Wildman–Crippen MR) is 87.1 cm³/mol. The van der Waals surface area contributed by atoms with Gasteiger partial charge < -0.3 is 0 Å². The summed E-state index contributed by atoms with van der Waals surface area (Å²) in [5.74, 6) is 0.903. The van der Waals surface area contributed by atoms with Crippen LogP contribution in [0, 0.1) is 5.92 Å². The van der Waals surface area contributed by atoms with Crippen LogP contribution in [0.5, 0.6) is 0 Å². The molecule has 110 valence electrons. The largest absolute Gasteiger partial charge is 2.00 e. The maximum Gasteiger partial charge on any atom is 2.00 e. The second-order valence-corrected chi connectivity index (χ2v) is 5.54. The molecule has 0 rings (SSSR count). The minimum absolute atomic E-state index is 0. The molecule has 0 saturated carbocycles. The van der Waals surface area contributed by atoms with Gasteiger partial charge in [0.25, 0.3) is 0 Å². The zero-order chi connectivity index (χ0) is 14.2. The Morgan fingerprint density at radius 3 is 1.79 bits per heavy atom. The first kappa shape index (κ1) is 24.2. The Labute approximate surface area is 138 Å². The van der Waals surface area contributed by atoms with Crippen LogP contribution in [0.1, 0.15) is 86.0 Å². The van der Waals surface area contributed by atoms with E-state index in [2.05, 4.69) is 27.4 Å². The normalized spacial score (nSPS) is 10.5. The van der Waals surface area contributed by atoms with Crippen molar-refractivity contribution in [3.8, 4) is 0 Å². The first-order chi connectivity index (χ1) is 8.58. The van der Waals surface area contributed by atoms with Crippen molar-refractivity contribution in [2.75, 3.05) is 0 Å². The van der Waals surface area contributed by atoms with Crippen LogP contribution in [0.25, 0.3) is 0 Å². The molecule has 0 aliphatic rings. The third-order valence-corrected chi connectivity index (χ3v) is 3.16. The van der Waals surface area contributed by atoms with E-state index in [-0.39, 0.29) is 21.7 Å². The van der Waals surface area contributed by atoms with Gasteiger partial charge in [-0.2, -0.15) is 0 Å². The molecular formula is C18H36Ti+2. The summed E-state index contributed by atoms with van der Waals surface area (Å²) in [5.41, 5.74) is 1.23. The van der Waals surface area contributed by atoms with Crippen LogP contribution in [0.2, 0.25) is 0 Å². The average Bonchev–Trinajstić information content (AvgIpc) is 2.37. The van der Waals surface area contributed by atoms with Gasteiger partial charge in [0.2, 0.25) is 0 Å². The summed E-state index contributed by atoms with van der Waals surface area (Å²) in [6.07, 6.45) is 15.4. The van der Waals surface area contributed by atoms with Gasteiger partial charge >= 0.3 is 21.7 Å². The van der Waals surface area contributed by atoms with Gasteiger partial charge in [-0.25, -0.2) is 0 Å². The van der Waals surface area contributed by atoms with Crippen LogP contribution >= 0.6 is 0 Å². The van der Waals surface area contributed by atoms with Gasteiger partial charge in [0, 0.05) is 0 Å². The molecule has 0 aromatic heterocycles. The van der Waals surface area contributed by atoms with E-state index < -0.39 is 0 Å². The fourth-order valence-corrected chi connectivity index (χ4v) is 1.63. The summed E-state index contributed by atoms with van der Waals surface area (Å²) in [5, 5.41) is 0. The number of hydrogen-bond donors (Lipinski definition) is 0. The zero-order valence-electron chi connectivity index (χ0n) is 14.1. The van der Waals surface area contributed by atoms with E-state index in [0.717, 1.165) is 5.92 Å². The quantitative estimate of drug-likeness (QED) is 0.246. The Hall–Kier alpha value is 0.194.